The van der Waals surface area contributed by atoms with Gasteiger partial charge in [-0.15, -0.1) is 0 Å². The molecule has 56 heavy (non-hydrogen) atoms. The standard InChI is InChI=1S/C42H68NO12P/c1-3-5-7-8-9-10-11-12-13-18-26-32-41(47)55-38(34-53-56(50,51)54-35-39(43)42(48)49)33-52-40(46)31-25-17-15-14-16-22-28-37(45)30-24-20-19-23-29-36(44)27-21-6-4-2/h6,8-9,15-17,19-24,29-30,36-39,44-45H,3-5,7,10-14,18,25-28,31-35,43H2,1-2H3,(H,48,49)(H,50,51)/b9-8-,17-15-,20-19-,21-6-,22-16-,29-23+,30-24+/t36-,37+,38-,39+/m1/s1. The van der Waals surface area contributed by atoms with Crippen molar-refractivity contribution < 1.29 is 57.7 Å². The molecule has 0 aliphatic rings. The summed E-state index contributed by atoms with van der Waals surface area (Å²) in [6.45, 7) is 2.34. The highest BCUT2D eigenvalue weighted by atomic mass is 31.2. The fourth-order valence-electron chi connectivity index (χ4n) is 4.60. The highest BCUT2D eigenvalue weighted by Gasteiger charge is 2.28. The van der Waals surface area contributed by atoms with Gasteiger partial charge in [0.1, 0.15) is 12.6 Å². The van der Waals surface area contributed by atoms with Gasteiger partial charge < -0.3 is 35.4 Å². The molecule has 0 saturated heterocycles. The van der Waals surface area contributed by atoms with Gasteiger partial charge in [0.15, 0.2) is 6.10 Å². The number of unbranched alkanes of at least 4 members (excludes halogenated alkanes) is 7. The highest BCUT2D eigenvalue weighted by molar-refractivity contribution is 7.47. The van der Waals surface area contributed by atoms with Crippen molar-refractivity contribution in [1.82, 2.24) is 0 Å². The fourth-order valence-corrected chi connectivity index (χ4v) is 5.38. The first-order chi connectivity index (χ1) is 26.9. The van der Waals surface area contributed by atoms with Gasteiger partial charge in [0.25, 0.3) is 0 Å². The van der Waals surface area contributed by atoms with Crippen LogP contribution in [0.4, 0.5) is 0 Å². The minimum atomic E-state index is -4.76. The zero-order valence-electron chi connectivity index (χ0n) is 33.4. The molecule has 0 radical (unpaired) electrons. The summed E-state index contributed by atoms with van der Waals surface area (Å²) in [5, 5.41) is 28.8. The van der Waals surface area contributed by atoms with Crippen LogP contribution in [0.1, 0.15) is 117 Å². The average Bonchev–Trinajstić information content (AvgIpc) is 3.16. The van der Waals surface area contributed by atoms with Crippen molar-refractivity contribution in [2.24, 2.45) is 5.73 Å². The Morgan fingerprint density at radius 1 is 0.661 bits per heavy atom. The van der Waals surface area contributed by atoms with Crippen LogP contribution in [-0.4, -0.2) is 82.3 Å². The van der Waals surface area contributed by atoms with E-state index in [-0.39, 0.29) is 12.8 Å². The Balaban J connectivity index is 4.66. The summed E-state index contributed by atoms with van der Waals surface area (Å²) in [5.41, 5.74) is 5.30. The number of nitrogens with two attached hydrogens (primary N) is 1. The Bertz CT molecular complexity index is 1310. The van der Waals surface area contributed by atoms with E-state index >= 15 is 0 Å². The lowest BCUT2D eigenvalue weighted by Gasteiger charge is -2.20. The smallest absolute Gasteiger partial charge is 0.472 e. The number of carbonyl (C=O) groups is 3. The van der Waals surface area contributed by atoms with E-state index in [1.54, 1.807) is 36.5 Å². The first-order valence-corrected chi connectivity index (χ1v) is 21.3. The second kappa shape index (κ2) is 36.0. The lowest BCUT2D eigenvalue weighted by Crippen LogP contribution is -2.34. The summed E-state index contributed by atoms with van der Waals surface area (Å²) in [7, 11) is -4.76. The van der Waals surface area contributed by atoms with Crippen molar-refractivity contribution >= 4 is 25.7 Å². The largest absolute Gasteiger partial charge is 0.480 e. The molecule has 13 nitrogen and oxygen atoms in total. The normalized spacial score (nSPS) is 15.8. The third-order valence-electron chi connectivity index (χ3n) is 7.81. The number of aliphatic hydroxyl groups is 2. The van der Waals surface area contributed by atoms with Crippen LogP contribution in [0, 0.1) is 0 Å². The minimum Gasteiger partial charge on any atom is -0.480 e. The van der Waals surface area contributed by atoms with Crippen molar-refractivity contribution in [3.63, 3.8) is 0 Å². The minimum absolute atomic E-state index is 0.0338. The number of carbonyl (C=O) groups excluding carboxylic acids is 2. The number of aliphatic hydroxyl groups excluding tert-OH is 2. The van der Waals surface area contributed by atoms with Crippen molar-refractivity contribution in [2.75, 3.05) is 19.8 Å². The maximum absolute atomic E-state index is 12.5. The third-order valence-corrected chi connectivity index (χ3v) is 8.76. The van der Waals surface area contributed by atoms with Gasteiger partial charge in [0.2, 0.25) is 0 Å². The number of esters is 2. The molecule has 1 unspecified atom stereocenters. The fraction of sp³-hybridized carbons (Fsp3) is 0.595. The summed E-state index contributed by atoms with van der Waals surface area (Å²) < 4.78 is 32.4. The second-order valence-corrected chi connectivity index (χ2v) is 14.5. The topological polar surface area (TPSA) is 212 Å². The second-order valence-electron chi connectivity index (χ2n) is 13.1. The van der Waals surface area contributed by atoms with E-state index in [9.17, 15) is 34.1 Å². The predicted octanol–water partition coefficient (Wildman–Crippen LogP) is 7.88. The summed E-state index contributed by atoms with van der Waals surface area (Å²) in [5.74, 6) is -2.60. The molecule has 0 aliphatic carbocycles. The molecule has 0 fully saturated rings. The van der Waals surface area contributed by atoms with Crippen molar-refractivity contribution in [2.45, 2.75) is 141 Å². The van der Waals surface area contributed by atoms with Gasteiger partial charge in [-0.2, -0.15) is 0 Å². The van der Waals surface area contributed by atoms with E-state index in [4.69, 9.17) is 24.8 Å². The number of allylic oxidation sites excluding steroid dienone is 10. The first-order valence-electron chi connectivity index (χ1n) is 19.8. The van der Waals surface area contributed by atoms with Gasteiger partial charge in [-0.25, -0.2) is 4.57 Å². The number of ether oxygens (including phenoxy) is 2. The highest BCUT2D eigenvalue weighted by Crippen LogP contribution is 2.43. The molecular weight excluding hydrogens is 741 g/mol. The molecule has 0 rings (SSSR count). The van der Waals surface area contributed by atoms with Crippen LogP contribution in [0.25, 0.3) is 0 Å². The molecule has 0 amide bonds. The van der Waals surface area contributed by atoms with Crippen molar-refractivity contribution in [3.8, 4) is 0 Å². The number of phosphoric ester groups is 1. The van der Waals surface area contributed by atoms with E-state index in [0.717, 1.165) is 44.9 Å². The number of carboxylic acids is 1. The average molecular weight is 810 g/mol. The Labute approximate surface area is 334 Å². The van der Waals surface area contributed by atoms with Crippen molar-refractivity contribution in [3.05, 3.63) is 85.1 Å². The van der Waals surface area contributed by atoms with Gasteiger partial charge in [0.05, 0.1) is 25.4 Å². The number of aliphatic carboxylic acids is 1. The summed E-state index contributed by atoms with van der Waals surface area (Å²) in [6.07, 6.45) is 36.0. The Hall–Kier alpha value is -3.42. The van der Waals surface area contributed by atoms with E-state index in [1.807, 2.05) is 43.4 Å². The molecule has 14 heteroatoms. The number of rotatable bonds is 35. The van der Waals surface area contributed by atoms with E-state index in [1.165, 1.54) is 12.8 Å². The Morgan fingerprint density at radius 2 is 1.23 bits per heavy atom. The third kappa shape index (κ3) is 35.0. The molecule has 0 heterocycles. The van der Waals surface area contributed by atoms with Gasteiger partial charge in [-0.05, 0) is 57.8 Å². The predicted molar refractivity (Wildman–Crippen MR) is 219 cm³/mol. The molecule has 5 atom stereocenters. The van der Waals surface area contributed by atoms with Crippen LogP contribution in [0.15, 0.2) is 85.1 Å². The maximum atomic E-state index is 12.5. The SMILES string of the molecule is CC/C=C\C[C@@H](O)/C=C/C=C\C=C\[C@@H](O)C/C=C\C/C=C\CCC(=O)OC[C@H](COP(=O)(O)OC[C@H](N)C(=O)O)OC(=O)CCCCCCC/C=C\CCCC. The van der Waals surface area contributed by atoms with Crippen molar-refractivity contribution in [1.29, 1.82) is 0 Å². The molecular formula is C42H68NO12P. The lowest BCUT2D eigenvalue weighted by atomic mass is 10.1. The molecule has 6 N–H and O–H groups in total. The van der Waals surface area contributed by atoms with Crippen LogP contribution in [0.2, 0.25) is 0 Å². The number of hydrogen-bond donors (Lipinski definition) is 5. The van der Waals surface area contributed by atoms with Gasteiger partial charge in [-0.3, -0.25) is 23.4 Å². The number of carboxylic acid groups (broad SMARTS) is 1. The Morgan fingerprint density at radius 3 is 1.88 bits per heavy atom. The van der Waals surface area contributed by atoms with E-state index < -0.39 is 69.9 Å². The number of phosphoric acid groups is 1. The summed E-state index contributed by atoms with van der Waals surface area (Å²) >= 11 is 0. The van der Waals surface area contributed by atoms with Crippen LogP contribution < -0.4 is 5.73 Å². The maximum Gasteiger partial charge on any atom is 0.472 e. The molecule has 0 saturated carbocycles. The molecule has 0 aromatic carbocycles. The lowest BCUT2D eigenvalue weighted by molar-refractivity contribution is -0.161. The summed E-state index contributed by atoms with van der Waals surface area (Å²) in [4.78, 5) is 45.7. The van der Waals surface area contributed by atoms with Crippen LogP contribution >= 0.6 is 7.82 Å². The van der Waals surface area contributed by atoms with Crippen LogP contribution in [0.5, 0.6) is 0 Å². The number of hydrogen-bond acceptors (Lipinski definition) is 11. The molecule has 0 aromatic heterocycles. The zero-order valence-corrected chi connectivity index (χ0v) is 34.3. The zero-order chi connectivity index (χ0) is 41.7. The molecule has 0 bridgehead atoms. The summed E-state index contributed by atoms with van der Waals surface area (Å²) in [6, 6.07) is -1.55. The van der Waals surface area contributed by atoms with Gasteiger partial charge in [0, 0.05) is 12.8 Å². The van der Waals surface area contributed by atoms with Crippen LogP contribution in [0.3, 0.4) is 0 Å². The quantitative estimate of drug-likeness (QED) is 0.0136. The molecule has 0 aromatic rings. The molecule has 318 valence electrons. The van der Waals surface area contributed by atoms with E-state index in [2.05, 4.69) is 23.6 Å². The Kier molecular flexibility index (Phi) is 33.8. The molecule has 0 spiro atoms. The molecule has 0 aliphatic heterocycles. The first kappa shape index (κ1) is 52.6. The van der Waals surface area contributed by atoms with E-state index in [0.29, 0.717) is 32.1 Å². The van der Waals surface area contributed by atoms with Gasteiger partial charge in [-0.1, -0.05) is 131 Å². The van der Waals surface area contributed by atoms with Crippen LogP contribution in [-0.2, 0) is 37.5 Å². The monoisotopic (exact) mass is 809 g/mol. The van der Waals surface area contributed by atoms with Gasteiger partial charge >= 0.3 is 25.7 Å².